The van der Waals surface area contributed by atoms with Gasteiger partial charge in [0.25, 0.3) is 0 Å². The molecular formula is C22H34N2O6. The second-order valence-corrected chi connectivity index (χ2v) is 8.88. The molecule has 0 spiro atoms. The molecule has 0 aliphatic rings. The van der Waals surface area contributed by atoms with Crippen LogP contribution in [0.1, 0.15) is 63.9 Å². The van der Waals surface area contributed by atoms with Gasteiger partial charge in [0, 0.05) is 19.6 Å². The number of nitrogens with zero attached hydrogens (tertiary/aromatic N) is 1. The van der Waals surface area contributed by atoms with Crippen LogP contribution < -0.4 is 5.32 Å². The Morgan fingerprint density at radius 1 is 1.00 bits per heavy atom. The number of ether oxygens (including phenoxy) is 3. The van der Waals surface area contributed by atoms with Gasteiger partial charge in [0.1, 0.15) is 11.2 Å². The van der Waals surface area contributed by atoms with Crippen LogP contribution in [0.15, 0.2) is 24.3 Å². The third kappa shape index (κ3) is 10.1. The molecule has 0 fully saturated rings. The highest BCUT2D eigenvalue weighted by molar-refractivity contribution is 5.89. The van der Waals surface area contributed by atoms with Crippen molar-refractivity contribution in [1.82, 2.24) is 10.2 Å². The lowest BCUT2D eigenvalue weighted by Crippen LogP contribution is -2.38. The zero-order valence-corrected chi connectivity index (χ0v) is 19.0. The lowest BCUT2D eigenvalue weighted by molar-refractivity contribution is 0.0231. The van der Waals surface area contributed by atoms with Crippen molar-refractivity contribution in [3.05, 3.63) is 35.4 Å². The molecule has 1 aromatic rings. The van der Waals surface area contributed by atoms with Crippen LogP contribution in [0.5, 0.6) is 0 Å². The molecule has 0 atom stereocenters. The second kappa shape index (κ2) is 10.8. The molecule has 0 saturated carbocycles. The van der Waals surface area contributed by atoms with E-state index < -0.39 is 29.4 Å². The van der Waals surface area contributed by atoms with Crippen molar-refractivity contribution in [2.24, 2.45) is 0 Å². The number of carbonyl (C=O) groups excluding carboxylic acids is 3. The van der Waals surface area contributed by atoms with Gasteiger partial charge in [-0.05, 0) is 65.7 Å². The maximum atomic E-state index is 12.7. The van der Waals surface area contributed by atoms with E-state index in [1.807, 2.05) is 6.07 Å². The molecular weight excluding hydrogens is 388 g/mol. The fourth-order valence-corrected chi connectivity index (χ4v) is 2.47. The topological polar surface area (TPSA) is 94.2 Å². The molecule has 0 aliphatic carbocycles. The van der Waals surface area contributed by atoms with Crippen molar-refractivity contribution in [2.45, 2.75) is 65.7 Å². The minimum absolute atomic E-state index is 0.256. The van der Waals surface area contributed by atoms with Gasteiger partial charge in [0.05, 0.1) is 12.7 Å². The highest BCUT2D eigenvalue weighted by atomic mass is 16.6. The van der Waals surface area contributed by atoms with E-state index in [-0.39, 0.29) is 6.54 Å². The molecule has 0 bridgehead atoms. The summed E-state index contributed by atoms with van der Waals surface area (Å²) in [4.78, 5) is 37.7. The second-order valence-electron chi connectivity index (χ2n) is 8.88. The van der Waals surface area contributed by atoms with Crippen molar-refractivity contribution in [3.8, 4) is 0 Å². The summed E-state index contributed by atoms with van der Waals surface area (Å²) >= 11 is 0. The van der Waals surface area contributed by atoms with E-state index in [9.17, 15) is 14.4 Å². The number of benzene rings is 1. The average Bonchev–Trinajstić information content (AvgIpc) is 2.60. The highest BCUT2D eigenvalue weighted by Gasteiger charge is 2.23. The summed E-state index contributed by atoms with van der Waals surface area (Å²) < 4.78 is 15.4. The molecule has 0 radical (unpaired) electrons. The zero-order chi connectivity index (χ0) is 22.9. The molecule has 0 heterocycles. The van der Waals surface area contributed by atoms with Crippen LogP contribution in [0.2, 0.25) is 0 Å². The number of alkyl carbamates (subject to hydrolysis) is 1. The Hall–Kier alpha value is -2.77. The van der Waals surface area contributed by atoms with Crippen LogP contribution in [0, 0.1) is 0 Å². The SMILES string of the molecule is COC(=O)c1cccc(CN(CCCNC(=O)OC(C)(C)C)C(=O)OC(C)(C)C)c1. The van der Waals surface area contributed by atoms with Gasteiger partial charge < -0.3 is 24.4 Å². The normalized spacial score (nSPS) is 11.4. The third-order valence-electron chi connectivity index (χ3n) is 3.65. The summed E-state index contributed by atoms with van der Waals surface area (Å²) in [5.41, 5.74) is -0.0375. The molecule has 8 nitrogen and oxygen atoms in total. The molecule has 0 aromatic heterocycles. The standard InChI is InChI=1S/C22H34N2O6/c1-21(2,3)29-19(26)23-12-9-13-24(20(27)30-22(4,5)6)15-16-10-8-11-17(14-16)18(25)28-7/h8,10-11,14H,9,12-13,15H2,1-7H3,(H,23,26). The minimum atomic E-state index is -0.641. The van der Waals surface area contributed by atoms with Crippen molar-refractivity contribution >= 4 is 18.2 Å². The Morgan fingerprint density at radius 2 is 1.63 bits per heavy atom. The fraction of sp³-hybridized carbons (Fsp3) is 0.591. The van der Waals surface area contributed by atoms with Gasteiger partial charge in [0.2, 0.25) is 0 Å². The number of amides is 2. The first-order valence-electron chi connectivity index (χ1n) is 9.93. The van der Waals surface area contributed by atoms with Gasteiger partial charge in [0.15, 0.2) is 0 Å². The van der Waals surface area contributed by atoms with E-state index in [0.29, 0.717) is 25.1 Å². The van der Waals surface area contributed by atoms with Gasteiger partial charge in [-0.25, -0.2) is 14.4 Å². The Labute approximate surface area is 178 Å². The van der Waals surface area contributed by atoms with Crippen LogP contribution in [0.3, 0.4) is 0 Å². The summed E-state index contributed by atoms with van der Waals surface area (Å²) in [6.07, 6.45) is -0.463. The van der Waals surface area contributed by atoms with Crippen LogP contribution >= 0.6 is 0 Å². The molecule has 0 unspecified atom stereocenters. The quantitative estimate of drug-likeness (QED) is 0.403. The van der Waals surface area contributed by atoms with Gasteiger partial charge in [-0.1, -0.05) is 12.1 Å². The van der Waals surface area contributed by atoms with E-state index in [1.165, 1.54) is 7.11 Å². The molecule has 8 heteroatoms. The minimum Gasteiger partial charge on any atom is -0.465 e. The third-order valence-corrected chi connectivity index (χ3v) is 3.65. The number of nitrogens with one attached hydrogen (secondary N) is 1. The molecule has 0 saturated heterocycles. The zero-order valence-electron chi connectivity index (χ0n) is 19.0. The highest BCUT2D eigenvalue weighted by Crippen LogP contribution is 2.15. The number of esters is 1. The lowest BCUT2D eigenvalue weighted by atomic mass is 10.1. The maximum Gasteiger partial charge on any atom is 0.410 e. The van der Waals surface area contributed by atoms with Gasteiger partial charge >= 0.3 is 18.2 Å². The van der Waals surface area contributed by atoms with Crippen molar-refractivity contribution in [2.75, 3.05) is 20.2 Å². The fourth-order valence-electron chi connectivity index (χ4n) is 2.47. The van der Waals surface area contributed by atoms with Crippen molar-refractivity contribution in [1.29, 1.82) is 0 Å². The van der Waals surface area contributed by atoms with E-state index in [1.54, 1.807) is 64.6 Å². The van der Waals surface area contributed by atoms with Crippen LogP contribution in [0.25, 0.3) is 0 Å². The van der Waals surface area contributed by atoms with Gasteiger partial charge in [-0.3, -0.25) is 0 Å². The van der Waals surface area contributed by atoms with E-state index in [4.69, 9.17) is 14.2 Å². The Bertz CT molecular complexity index is 734. The monoisotopic (exact) mass is 422 g/mol. The number of methoxy groups -OCH3 is 1. The van der Waals surface area contributed by atoms with Gasteiger partial charge in [-0.15, -0.1) is 0 Å². The Kier molecular flexibility index (Phi) is 9.14. The first-order valence-corrected chi connectivity index (χ1v) is 9.93. The van der Waals surface area contributed by atoms with Crippen molar-refractivity contribution in [3.63, 3.8) is 0 Å². The summed E-state index contributed by atoms with van der Waals surface area (Å²) in [6.45, 7) is 11.7. The first-order chi connectivity index (χ1) is 13.8. The van der Waals surface area contributed by atoms with E-state index in [0.717, 1.165) is 5.56 Å². The van der Waals surface area contributed by atoms with Crippen LogP contribution in [-0.4, -0.2) is 54.5 Å². The van der Waals surface area contributed by atoms with E-state index in [2.05, 4.69) is 5.32 Å². The number of hydrogen-bond acceptors (Lipinski definition) is 6. The smallest absolute Gasteiger partial charge is 0.410 e. The molecule has 1 aromatic carbocycles. The average molecular weight is 423 g/mol. The predicted octanol–water partition coefficient (Wildman–Crippen LogP) is 4.13. The number of hydrogen-bond donors (Lipinski definition) is 1. The van der Waals surface area contributed by atoms with Crippen LogP contribution in [-0.2, 0) is 20.8 Å². The molecule has 0 aliphatic heterocycles. The van der Waals surface area contributed by atoms with Gasteiger partial charge in [-0.2, -0.15) is 0 Å². The summed E-state index contributed by atoms with van der Waals surface area (Å²) in [7, 11) is 1.32. The largest absolute Gasteiger partial charge is 0.465 e. The van der Waals surface area contributed by atoms with Crippen LogP contribution in [0.4, 0.5) is 9.59 Å². The van der Waals surface area contributed by atoms with Crippen molar-refractivity contribution < 1.29 is 28.6 Å². The summed E-state index contributed by atoms with van der Waals surface area (Å²) in [5, 5.41) is 2.68. The number of rotatable bonds is 7. The molecule has 2 amide bonds. The first kappa shape index (κ1) is 25.3. The Morgan fingerprint density at radius 3 is 2.20 bits per heavy atom. The lowest BCUT2D eigenvalue weighted by Gasteiger charge is -2.27. The predicted molar refractivity (Wildman–Crippen MR) is 113 cm³/mol. The summed E-state index contributed by atoms with van der Waals surface area (Å²) in [5.74, 6) is -0.442. The number of carbonyl (C=O) groups is 3. The molecule has 30 heavy (non-hydrogen) atoms. The molecule has 1 N–H and O–H groups in total. The molecule has 168 valence electrons. The maximum absolute atomic E-state index is 12.7. The summed E-state index contributed by atoms with van der Waals surface area (Å²) in [6, 6.07) is 6.89. The molecule has 1 rings (SSSR count). The Balaban J connectivity index is 2.77. The van der Waals surface area contributed by atoms with E-state index >= 15 is 0 Å².